The molecule has 7 heteroatoms. The molecule has 138 valence electrons. The molecule has 0 unspecified atom stereocenters. The summed E-state index contributed by atoms with van der Waals surface area (Å²) in [6.45, 7) is 1.88. The first-order valence-electron chi connectivity index (χ1n) is 8.10. The number of phenols is 2. The summed E-state index contributed by atoms with van der Waals surface area (Å²) in [6, 6.07) is 17.4. The molecular formula is C20H18N2O4S. The van der Waals surface area contributed by atoms with Gasteiger partial charge in [-0.3, -0.25) is 9.71 Å². The average molecular weight is 382 g/mol. The zero-order chi connectivity index (χ0) is 19.4. The maximum atomic E-state index is 12.6. The lowest BCUT2D eigenvalue weighted by Gasteiger charge is -2.10. The molecule has 0 saturated heterocycles. The summed E-state index contributed by atoms with van der Waals surface area (Å²) in [5, 5.41) is 19.2. The molecule has 0 saturated carbocycles. The van der Waals surface area contributed by atoms with Gasteiger partial charge in [-0.1, -0.05) is 29.8 Å². The van der Waals surface area contributed by atoms with Crippen LogP contribution in [0, 0.1) is 6.92 Å². The van der Waals surface area contributed by atoms with Gasteiger partial charge in [-0.05, 0) is 43.3 Å². The highest BCUT2D eigenvalue weighted by Gasteiger charge is 2.15. The molecule has 0 spiro atoms. The Labute approximate surface area is 157 Å². The molecule has 0 aliphatic rings. The van der Waals surface area contributed by atoms with E-state index in [1.165, 1.54) is 36.5 Å². The zero-order valence-electron chi connectivity index (χ0n) is 14.5. The van der Waals surface area contributed by atoms with E-state index in [4.69, 9.17) is 0 Å². The van der Waals surface area contributed by atoms with Gasteiger partial charge in [-0.15, -0.1) is 0 Å². The number of sulfonamides is 1. The van der Waals surface area contributed by atoms with Crippen molar-refractivity contribution < 1.29 is 18.6 Å². The fourth-order valence-corrected chi connectivity index (χ4v) is 3.45. The van der Waals surface area contributed by atoms with Gasteiger partial charge in [0, 0.05) is 17.8 Å². The van der Waals surface area contributed by atoms with Gasteiger partial charge in [-0.2, -0.15) is 0 Å². The third-order valence-corrected chi connectivity index (χ3v) is 5.22. The highest BCUT2D eigenvalue weighted by atomic mass is 32.2. The van der Waals surface area contributed by atoms with E-state index < -0.39 is 10.0 Å². The van der Waals surface area contributed by atoms with E-state index in [1.807, 2.05) is 6.92 Å². The summed E-state index contributed by atoms with van der Waals surface area (Å²) >= 11 is 0. The van der Waals surface area contributed by atoms with E-state index in [0.717, 1.165) is 5.56 Å². The number of aromatic hydroxyl groups is 2. The molecule has 0 atom stereocenters. The van der Waals surface area contributed by atoms with E-state index in [2.05, 4.69) is 9.71 Å². The van der Waals surface area contributed by atoms with E-state index in [1.54, 1.807) is 36.4 Å². The summed E-state index contributed by atoms with van der Waals surface area (Å²) in [5.41, 5.74) is 2.06. The van der Waals surface area contributed by atoms with Crippen LogP contribution in [0.5, 0.6) is 11.5 Å². The highest BCUT2D eigenvalue weighted by Crippen LogP contribution is 2.28. The number of phenolic OH excluding ortho intramolecular Hbond substituents is 2. The van der Waals surface area contributed by atoms with Crippen LogP contribution in [0.2, 0.25) is 0 Å². The third kappa shape index (κ3) is 4.45. The quantitative estimate of drug-likeness (QED) is 0.582. The van der Waals surface area contributed by atoms with E-state index >= 15 is 0 Å². The van der Waals surface area contributed by atoms with Crippen LogP contribution in [0.15, 0.2) is 76.6 Å². The highest BCUT2D eigenvalue weighted by molar-refractivity contribution is 7.92. The molecule has 0 radical (unpaired) electrons. The normalized spacial score (nSPS) is 11.6. The van der Waals surface area contributed by atoms with Gasteiger partial charge in [0.25, 0.3) is 10.0 Å². The second kappa shape index (κ2) is 7.51. The standard InChI is InChI=1S/C20H18N2O4S/c1-14-6-10-17(11-7-14)27(25,26)22-19-5-3-2-4-18(19)21-13-15-8-9-16(23)12-20(15)24/h2-13,22-24H,1H3. The van der Waals surface area contributed by atoms with Gasteiger partial charge in [0.2, 0.25) is 0 Å². The number of anilines is 1. The van der Waals surface area contributed by atoms with Crippen molar-refractivity contribution in [1.29, 1.82) is 0 Å². The van der Waals surface area contributed by atoms with E-state index in [-0.39, 0.29) is 16.4 Å². The first-order chi connectivity index (χ1) is 12.8. The molecule has 6 nitrogen and oxygen atoms in total. The minimum Gasteiger partial charge on any atom is -0.508 e. The predicted octanol–water partition coefficient (Wildman–Crippen LogP) is 3.96. The number of hydrogen-bond donors (Lipinski definition) is 3. The zero-order valence-corrected chi connectivity index (χ0v) is 15.3. The molecule has 3 aromatic carbocycles. The Bertz CT molecular complexity index is 1090. The van der Waals surface area contributed by atoms with Crippen molar-refractivity contribution in [2.45, 2.75) is 11.8 Å². The molecule has 0 fully saturated rings. The van der Waals surface area contributed by atoms with Crippen LogP contribution in [0.3, 0.4) is 0 Å². The minimum absolute atomic E-state index is 0.0593. The first kappa shape index (κ1) is 18.5. The van der Waals surface area contributed by atoms with Gasteiger partial charge < -0.3 is 10.2 Å². The van der Waals surface area contributed by atoms with Crippen molar-refractivity contribution in [2.75, 3.05) is 4.72 Å². The maximum absolute atomic E-state index is 12.6. The Balaban J connectivity index is 1.90. The van der Waals surface area contributed by atoms with Crippen molar-refractivity contribution in [3.63, 3.8) is 0 Å². The predicted molar refractivity (Wildman–Crippen MR) is 105 cm³/mol. The number of para-hydroxylation sites is 2. The first-order valence-corrected chi connectivity index (χ1v) is 9.58. The molecule has 0 aromatic heterocycles. The number of hydrogen-bond acceptors (Lipinski definition) is 5. The van der Waals surface area contributed by atoms with Gasteiger partial charge >= 0.3 is 0 Å². The second-order valence-electron chi connectivity index (χ2n) is 5.94. The van der Waals surface area contributed by atoms with Crippen molar-refractivity contribution in [3.05, 3.63) is 77.9 Å². The molecular weight excluding hydrogens is 364 g/mol. The number of aliphatic imine (C=N–C) groups is 1. The Morgan fingerprint density at radius 3 is 2.37 bits per heavy atom. The summed E-state index contributed by atoms with van der Waals surface area (Å²) in [6.07, 6.45) is 1.40. The van der Waals surface area contributed by atoms with Crippen LogP contribution in [0.1, 0.15) is 11.1 Å². The van der Waals surface area contributed by atoms with Crippen LogP contribution in [0.4, 0.5) is 11.4 Å². The third-order valence-electron chi connectivity index (χ3n) is 3.84. The topological polar surface area (TPSA) is 99.0 Å². The lowest BCUT2D eigenvalue weighted by atomic mass is 10.2. The molecule has 0 aliphatic heterocycles. The maximum Gasteiger partial charge on any atom is 0.261 e. The molecule has 3 rings (SSSR count). The van der Waals surface area contributed by atoms with Crippen LogP contribution in [-0.2, 0) is 10.0 Å². The number of rotatable bonds is 5. The molecule has 0 aliphatic carbocycles. The van der Waals surface area contributed by atoms with E-state index in [0.29, 0.717) is 16.9 Å². The molecule has 0 amide bonds. The van der Waals surface area contributed by atoms with Crippen LogP contribution in [0.25, 0.3) is 0 Å². The summed E-state index contributed by atoms with van der Waals surface area (Å²) in [4.78, 5) is 4.42. The Morgan fingerprint density at radius 1 is 0.963 bits per heavy atom. The van der Waals surface area contributed by atoms with Crippen LogP contribution >= 0.6 is 0 Å². The molecule has 3 N–H and O–H groups in total. The molecule has 0 heterocycles. The number of benzene rings is 3. The molecule has 0 bridgehead atoms. The van der Waals surface area contributed by atoms with Crippen molar-refractivity contribution >= 4 is 27.6 Å². The number of nitrogens with one attached hydrogen (secondary N) is 1. The van der Waals surface area contributed by atoms with Crippen LogP contribution < -0.4 is 4.72 Å². The fourth-order valence-electron chi connectivity index (χ4n) is 2.37. The average Bonchev–Trinajstić information content (AvgIpc) is 2.62. The SMILES string of the molecule is Cc1ccc(S(=O)(=O)Nc2ccccc2N=Cc2ccc(O)cc2O)cc1. The summed E-state index contributed by atoms with van der Waals surface area (Å²) < 4.78 is 27.7. The van der Waals surface area contributed by atoms with E-state index in [9.17, 15) is 18.6 Å². The lowest BCUT2D eigenvalue weighted by Crippen LogP contribution is -2.13. The van der Waals surface area contributed by atoms with Gasteiger partial charge in [0.05, 0.1) is 16.3 Å². The Kier molecular flexibility index (Phi) is 5.14. The fraction of sp³-hybridized carbons (Fsp3) is 0.0500. The number of nitrogens with zero attached hydrogens (tertiary/aromatic N) is 1. The van der Waals surface area contributed by atoms with Crippen LogP contribution in [-0.4, -0.2) is 24.8 Å². The summed E-state index contributed by atoms with van der Waals surface area (Å²) in [7, 11) is -3.76. The minimum atomic E-state index is -3.76. The van der Waals surface area contributed by atoms with Crippen molar-refractivity contribution in [2.24, 2.45) is 4.99 Å². The second-order valence-corrected chi connectivity index (χ2v) is 7.62. The Morgan fingerprint density at radius 2 is 1.67 bits per heavy atom. The lowest BCUT2D eigenvalue weighted by molar-refractivity contribution is 0.450. The molecule has 3 aromatic rings. The summed E-state index contributed by atoms with van der Waals surface area (Å²) in [5.74, 6) is -0.188. The van der Waals surface area contributed by atoms with Gasteiger partial charge in [-0.25, -0.2) is 8.42 Å². The largest absolute Gasteiger partial charge is 0.508 e. The van der Waals surface area contributed by atoms with Crippen molar-refractivity contribution in [1.82, 2.24) is 0 Å². The van der Waals surface area contributed by atoms with Gasteiger partial charge in [0.15, 0.2) is 0 Å². The van der Waals surface area contributed by atoms with Gasteiger partial charge in [0.1, 0.15) is 11.5 Å². The smallest absolute Gasteiger partial charge is 0.261 e. The number of aryl methyl sites for hydroxylation is 1. The monoisotopic (exact) mass is 382 g/mol. The Hall–Kier alpha value is -3.32. The van der Waals surface area contributed by atoms with Crippen molar-refractivity contribution in [3.8, 4) is 11.5 Å². The molecule has 27 heavy (non-hydrogen) atoms.